The van der Waals surface area contributed by atoms with Gasteiger partial charge in [0.25, 0.3) is 0 Å². The van der Waals surface area contributed by atoms with Crippen LogP contribution in [0.5, 0.6) is 0 Å². The van der Waals surface area contributed by atoms with Gasteiger partial charge < -0.3 is 29.2 Å². The summed E-state index contributed by atoms with van der Waals surface area (Å²) < 4.78 is 22.7. The van der Waals surface area contributed by atoms with E-state index in [0.29, 0.717) is 25.9 Å². The van der Waals surface area contributed by atoms with Gasteiger partial charge in [0, 0.05) is 32.4 Å². The molecule has 0 bridgehead atoms. The second kappa shape index (κ2) is 50.5. The Bertz CT molecular complexity index is 1220. The smallest absolute Gasteiger partial charge is 0.407 e. The Kier molecular flexibility index (Phi) is 47.9. The van der Waals surface area contributed by atoms with Gasteiger partial charge >= 0.3 is 24.0 Å². The first-order valence-corrected chi connectivity index (χ1v) is 27.5. The highest BCUT2D eigenvalue weighted by Crippen LogP contribution is 2.17. The van der Waals surface area contributed by atoms with Crippen molar-refractivity contribution in [2.75, 3.05) is 39.9 Å². The van der Waals surface area contributed by atoms with E-state index in [1.807, 2.05) is 7.05 Å². The summed E-state index contributed by atoms with van der Waals surface area (Å²) >= 11 is 0. The van der Waals surface area contributed by atoms with E-state index in [9.17, 15) is 19.2 Å². The predicted molar refractivity (Wildman–Crippen MR) is 279 cm³/mol. The zero-order valence-electron chi connectivity index (χ0n) is 43.9. The molecule has 0 aliphatic heterocycles. The molecule has 0 spiro atoms. The summed E-state index contributed by atoms with van der Waals surface area (Å²) in [6.07, 6.45) is 48.6. The molecule has 388 valence electrons. The molecule has 1 N–H and O–H groups in total. The maximum Gasteiger partial charge on any atom is 0.407 e. The van der Waals surface area contributed by atoms with Gasteiger partial charge in [-0.2, -0.15) is 0 Å². The molecule has 1 atom stereocenters. The Morgan fingerprint density at radius 1 is 0.448 bits per heavy atom. The van der Waals surface area contributed by atoms with E-state index < -0.39 is 24.3 Å². The Balaban J connectivity index is 4.99. The topological polar surface area (TPSA) is 120 Å². The maximum absolute atomic E-state index is 13.2. The number of unbranched alkanes of at least 4 members (excludes halogenated alkanes) is 21. The van der Waals surface area contributed by atoms with E-state index in [-0.39, 0.29) is 44.4 Å². The van der Waals surface area contributed by atoms with E-state index in [0.717, 1.165) is 116 Å². The van der Waals surface area contributed by atoms with Gasteiger partial charge in [0.1, 0.15) is 19.3 Å². The molecule has 0 radical (unpaired) electrons. The van der Waals surface area contributed by atoms with E-state index in [2.05, 4.69) is 86.5 Å². The number of hydrogen-bond donors (Lipinski definition) is 1. The summed E-state index contributed by atoms with van der Waals surface area (Å²) in [6.45, 7) is 10.4. The van der Waals surface area contributed by atoms with Crippen LogP contribution in [0.2, 0.25) is 0 Å². The number of likely N-dealkylation sites (N-methyl/N-ethyl adjacent to an activating group) is 1. The predicted octanol–water partition coefficient (Wildman–Crippen LogP) is 15.2. The maximum atomic E-state index is 13.2. The lowest BCUT2D eigenvalue weighted by molar-refractivity contribution is -0.167. The first-order chi connectivity index (χ1) is 32.7. The summed E-state index contributed by atoms with van der Waals surface area (Å²) in [5.41, 5.74) is 0. The number of carbonyl (C=O) groups excluding carboxylic acids is 4. The van der Waals surface area contributed by atoms with E-state index in [1.165, 1.54) is 70.6 Å². The van der Waals surface area contributed by atoms with Crippen molar-refractivity contribution in [1.29, 1.82) is 0 Å². The van der Waals surface area contributed by atoms with Crippen molar-refractivity contribution in [2.24, 2.45) is 0 Å². The van der Waals surface area contributed by atoms with Gasteiger partial charge in [-0.3, -0.25) is 14.4 Å². The quantitative estimate of drug-likeness (QED) is 0.0275. The lowest BCUT2D eigenvalue weighted by Crippen LogP contribution is -2.35. The van der Waals surface area contributed by atoms with Gasteiger partial charge in [-0.05, 0) is 110 Å². The average Bonchev–Trinajstić information content (AvgIpc) is 3.32. The number of amides is 1. The summed E-state index contributed by atoms with van der Waals surface area (Å²) in [5, 5.41) is 2.83. The van der Waals surface area contributed by atoms with Gasteiger partial charge in [0.05, 0.1) is 0 Å². The minimum absolute atomic E-state index is 0.0165. The third-order valence-corrected chi connectivity index (χ3v) is 11.9. The van der Waals surface area contributed by atoms with Crippen LogP contribution in [0.3, 0.4) is 0 Å². The average molecular weight is 943 g/mol. The fraction of sp³-hybridized carbons (Fsp3) is 0.789. The molecule has 10 heteroatoms. The lowest BCUT2D eigenvalue weighted by atomic mass is 10.0. The molecule has 0 fully saturated rings. The number of hydrogen-bond acceptors (Lipinski definition) is 9. The van der Waals surface area contributed by atoms with Crippen LogP contribution in [-0.4, -0.2) is 81.0 Å². The Hall–Kier alpha value is -3.40. The highest BCUT2D eigenvalue weighted by Gasteiger charge is 2.22. The first-order valence-electron chi connectivity index (χ1n) is 27.5. The van der Waals surface area contributed by atoms with Crippen LogP contribution in [-0.2, 0) is 33.3 Å². The molecule has 0 aromatic rings. The number of nitrogens with one attached hydrogen (secondary N) is 1. The van der Waals surface area contributed by atoms with Crippen LogP contribution < -0.4 is 5.32 Å². The van der Waals surface area contributed by atoms with Crippen LogP contribution in [0, 0.1) is 0 Å². The Morgan fingerprint density at radius 2 is 0.866 bits per heavy atom. The molecule has 0 aromatic heterocycles. The third-order valence-electron chi connectivity index (χ3n) is 11.9. The minimum Gasteiger partial charge on any atom is -0.462 e. The summed E-state index contributed by atoms with van der Waals surface area (Å²) in [5.74, 6) is -1.22. The molecule has 0 aliphatic rings. The first kappa shape index (κ1) is 63.6. The van der Waals surface area contributed by atoms with Crippen LogP contribution in [0.15, 0.2) is 48.6 Å². The number of carbonyl (C=O) groups is 4. The van der Waals surface area contributed by atoms with E-state index in [1.54, 1.807) is 0 Å². The van der Waals surface area contributed by atoms with Gasteiger partial charge in [-0.15, -0.1) is 0 Å². The fourth-order valence-corrected chi connectivity index (χ4v) is 7.43. The number of esters is 3. The number of allylic oxidation sites excluding steroid dienone is 8. The summed E-state index contributed by atoms with van der Waals surface area (Å²) in [4.78, 5) is 53.5. The fourth-order valence-electron chi connectivity index (χ4n) is 7.43. The minimum atomic E-state index is -0.925. The Morgan fingerprint density at radius 3 is 1.34 bits per heavy atom. The van der Waals surface area contributed by atoms with Crippen molar-refractivity contribution in [1.82, 2.24) is 10.2 Å². The highest BCUT2D eigenvalue weighted by atomic mass is 16.6. The van der Waals surface area contributed by atoms with Crippen LogP contribution >= 0.6 is 0 Å². The third kappa shape index (κ3) is 47.5. The summed E-state index contributed by atoms with van der Waals surface area (Å²) in [6, 6.07) is 0. The second-order valence-corrected chi connectivity index (χ2v) is 18.4. The standard InChI is InChI=1S/C57H102N2O8/c1-6-10-13-16-19-21-23-25-27-29-31-33-35-38-41-44-54(60)64-50-53(51-65-55(61)45-42-39-36-34-32-30-28-26-24-22-20-17-14-11-7-2)66-56(62)47-46-52(43-40-37-18-15-12-8-3)67-57(63)58-48-49-59(5)9-4/h19-22,25-28,52-53H,6-18,23-24,29-51H2,1-5H3,(H,58,63)/b21-19-,22-20-,27-25-,28-26-/t52-/m0/s1. The number of alkyl carbamates (subject to hydrolysis) is 1. The molecule has 10 nitrogen and oxygen atoms in total. The van der Waals surface area contributed by atoms with Crippen molar-refractivity contribution >= 4 is 24.0 Å². The van der Waals surface area contributed by atoms with Gasteiger partial charge in [0.15, 0.2) is 6.10 Å². The van der Waals surface area contributed by atoms with Crippen molar-refractivity contribution < 1.29 is 38.1 Å². The molecule has 0 rings (SSSR count). The van der Waals surface area contributed by atoms with Crippen molar-refractivity contribution in [2.45, 2.75) is 252 Å². The second-order valence-electron chi connectivity index (χ2n) is 18.4. The largest absolute Gasteiger partial charge is 0.462 e. The SMILES string of the molecule is CCCCC/C=C\C/C=C\CCCCCCCC(=O)OCC(COC(=O)CCCCCCC/C=C\C/C=C\CCCCC)OC(=O)CC[C@H](CCCCCCCC)OC(=O)NCCN(C)CC. The van der Waals surface area contributed by atoms with E-state index in [4.69, 9.17) is 18.9 Å². The van der Waals surface area contributed by atoms with Gasteiger partial charge in [-0.1, -0.05) is 173 Å². The van der Waals surface area contributed by atoms with Crippen LogP contribution in [0.4, 0.5) is 4.79 Å². The molecule has 0 saturated carbocycles. The van der Waals surface area contributed by atoms with Crippen molar-refractivity contribution in [3.63, 3.8) is 0 Å². The molecular formula is C57H102N2O8. The molecule has 0 heterocycles. The normalized spacial score (nSPS) is 12.3. The summed E-state index contributed by atoms with van der Waals surface area (Å²) in [7, 11) is 1.99. The van der Waals surface area contributed by atoms with Gasteiger partial charge in [0.2, 0.25) is 0 Å². The van der Waals surface area contributed by atoms with Crippen molar-refractivity contribution in [3.8, 4) is 0 Å². The zero-order valence-corrected chi connectivity index (χ0v) is 43.9. The highest BCUT2D eigenvalue weighted by molar-refractivity contribution is 5.71. The number of nitrogens with zero attached hydrogens (tertiary/aromatic N) is 1. The molecule has 0 aromatic carbocycles. The van der Waals surface area contributed by atoms with Crippen LogP contribution in [0.1, 0.15) is 240 Å². The van der Waals surface area contributed by atoms with Gasteiger partial charge in [-0.25, -0.2) is 4.79 Å². The lowest BCUT2D eigenvalue weighted by Gasteiger charge is -2.21. The van der Waals surface area contributed by atoms with Crippen LogP contribution in [0.25, 0.3) is 0 Å². The van der Waals surface area contributed by atoms with Crippen molar-refractivity contribution in [3.05, 3.63) is 48.6 Å². The van der Waals surface area contributed by atoms with E-state index >= 15 is 0 Å². The number of rotatable bonds is 48. The molecule has 67 heavy (non-hydrogen) atoms. The number of ether oxygens (including phenoxy) is 4. The monoisotopic (exact) mass is 943 g/mol. The molecule has 0 aliphatic carbocycles. The Labute approximate surface area is 411 Å². The molecular weight excluding hydrogens is 841 g/mol. The zero-order chi connectivity index (χ0) is 49.1. The molecule has 0 unspecified atom stereocenters. The molecule has 1 amide bonds. The molecule has 0 saturated heterocycles.